The first kappa shape index (κ1) is 20.6. The fraction of sp³-hybridized carbons (Fsp3) is 0.304. The fourth-order valence-electron chi connectivity index (χ4n) is 2.93. The Bertz CT molecular complexity index is 927. The standard InChI is InChI=1S/C23H29N5O/c1-17-5-11-20(12-6-17)22-27-21(16-29-22)14-26-23(24-2)25-13-18-7-9-19(10-8-18)15-28(3)4/h5-12,16H,13-15H2,1-4H3,(H2,24,25,26). The van der Waals surface area contributed by atoms with Gasteiger partial charge in [-0.3, -0.25) is 4.99 Å². The molecule has 0 aliphatic heterocycles. The lowest BCUT2D eigenvalue weighted by Crippen LogP contribution is -2.36. The number of oxazole rings is 1. The molecule has 2 N–H and O–H groups in total. The molecule has 0 radical (unpaired) electrons. The molecule has 1 aromatic heterocycles. The monoisotopic (exact) mass is 391 g/mol. The molecule has 0 saturated heterocycles. The Morgan fingerprint density at radius 1 is 0.966 bits per heavy atom. The zero-order valence-electron chi connectivity index (χ0n) is 17.6. The first-order valence-electron chi connectivity index (χ1n) is 9.72. The Hall–Kier alpha value is -3.12. The van der Waals surface area contributed by atoms with Gasteiger partial charge in [0.2, 0.25) is 5.89 Å². The van der Waals surface area contributed by atoms with Gasteiger partial charge < -0.3 is 20.0 Å². The molecule has 3 aromatic rings. The van der Waals surface area contributed by atoms with Crippen LogP contribution in [0.25, 0.3) is 11.5 Å². The maximum Gasteiger partial charge on any atom is 0.226 e. The minimum absolute atomic E-state index is 0.538. The Kier molecular flexibility index (Phi) is 7.03. The summed E-state index contributed by atoms with van der Waals surface area (Å²) in [5.41, 5.74) is 5.53. The summed E-state index contributed by atoms with van der Waals surface area (Å²) in [5, 5.41) is 6.61. The number of rotatable bonds is 7. The van der Waals surface area contributed by atoms with Gasteiger partial charge in [-0.15, -0.1) is 0 Å². The van der Waals surface area contributed by atoms with E-state index in [0.29, 0.717) is 19.0 Å². The zero-order chi connectivity index (χ0) is 20.6. The number of aliphatic imine (C=N–C) groups is 1. The van der Waals surface area contributed by atoms with Crippen LogP contribution >= 0.6 is 0 Å². The van der Waals surface area contributed by atoms with Crippen LogP contribution in [0.3, 0.4) is 0 Å². The number of guanidine groups is 1. The maximum absolute atomic E-state index is 5.61. The van der Waals surface area contributed by atoms with E-state index in [4.69, 9.17) is 4.42 Å². The van der Waals surface area contributed by atoms with Crippen LogP contribution in [0, 0.1) is 6.92 Å². The predicted octanol–water partition coefficient (Wildman–Crippen LogP) is 3.58. The smallest absolute Gasteiger partial charge is 0.226 e. The molecule has 1 heterocycles. The van der Waals surface area contributed by atoms with Gasteiger partial charge in [0, 0.05) is 25.7 Å². The second-order valence-electron chi connectivity index (χ2n) is 7.34. The number of aryl methyl sites for hydroxylation is 1. The van der Waals surface area contributed by atoms with Gasteiger partial charge in [-0.1, -0.05) is 42.0 Å². The summed E-state index contributed by atoms with van der Waals surface area (Å²) < 4.78 is 5.61. The quantitative estimate of drug-likeness (QED) is 0.476. The second-order valence-corrected chi connectivity index (χ2v) is 7.34. The Labute approximate surface area is 172 Å². The van der Waals surface area contributed by atoms with Crippen LogP contribution in [0.15, 0.2) is 64.2 Å². The lowest BCUT2D eigenvalue weighted by molar-refractivity contribution is 0.402. The second kappa shape index (κ2) is 9.89. The van der Waals surface area contributed by atoms with E-state index in [1.54, 1.807) is 13.3 Å². The van der Waals surface area contributed by atoms with E-state index in [2.05, 4.69) is 82.9 Å². The zero-order valence-corrected chi connectivity index (χ0v) is 17.6. The minimum atomic E-state index is 0.538. The average molecular weight is 392 g/mol. The van der Waals surface area contributed by atoms with E-state index in [-0.39, 0.29) is 0 Å². The first-order valence-corrected chi connectivity index (χ1v) is 9.72. The highest BCUT2D eigenvalue weighted by Gasteiger charge is 2.07. The fourth-order valence-corrected chi connectivity index (χ4v) is 2.93. The third kappa shape index (κ3) is 6.19. The SMILES string of the molecule is CN=C(NCc1ccc(CN(C)C)cc1)NCc1coc(-c2ccc(C)cc2)n1. The van der Waals surface area contributed by atoms with Gasteiger partial charge in [-0.25, -0.2) is 4.98 Å². The molecular formula is C23H29N5O. The molecule has 0 spiro atoms. The highest BCUT2D eigenvalue weighted by molar-refractivity contribution is 5.79. The van der Waals surface area contributed by atoms with Crippen LogP contribution in [-0.4, -0.2) is 37.0 Å². The molecular weight excluding hydrogens is 362 g/mol. The molecule has 6 nitrogen and oxygen atoms in total. The third-order valence-corrected chi connectivity index (χ3v) is 4.49. The molecule has 29 heavy (non-hydrogen) atoms. The van der Waals surface area contributed by atoms with Gasteiger partial charge >= 0.3 is 0 Å². The summed E-state index contributed by atoms with van der Waals surface area (Å²) in [7, 11) is 5.91. The van der Waals surface area contributed by atoms with E-state index in [0.717, 1.165) is 23.8 Å². The van der Waals surface area contributed by atoms with Crippen molar-refractivity contribution in [1.82, 2.24) is 20.5 Å². The molecule has 0 bridgehead atoms. The summed E-state index contributed by atoms with van der Waals surface area (Å²) >= 11 is 0. The summed E-state index contributed by atoms with van der Waals surface area (Å²) in [5.74, 6) is 1.35. The molecule has 0 unspecified atom stereocenters. The van der Waals surface area contributed by atoms with Gasteiger partial charge in [0.1, 0.15) is 6.26 Å². The third-order valence-electron chi connectivity index (χ3n) is 4.49. The normalized spacial score (nSPS) is 11.7. The van der Waals surface area contributed by atoms with Crippen molar-refractivity contribution in [1.29, 1.82) is 0 Å². The average Bonchev–Trinajstić information content (AvgIpc) is 3.18. The summed E-state index contributed by atoms with van der Waals surface area (Å²) in [6.07, 6.45) is 1.68. The summed E-state index contributed by atoms with van der Waals surface area (Å²) in [6.45, 7) is 4.25. The molecule has 2 aromatic carbocycles. The largest absolute Gasteiger partial charge is 0.444 e. The van der Waals surface area contributed by atoms with E-state index in [1.807, 2.05) is 12.1 Å². The summed E-state index contributed by atoms with van der Waals surface area (Å²) in [6, 6.07) is 16.7. The van der Waals surface area contributed by atoms with E-state index < -0.39 is 0 Å². The van der Waals surface area contributed by atoms with Crippen molar-refractivity contribution in [3.05, 3.63) is 77.2 Å². The van der Waals surface area contributed by atoms with Crippen molar-refractivity contribution < 1.29 is 4.42 Å². The van der Waals surface area contributed by atoms with Crippen LogP contribution in [0.5, 0.6) is 0 Å². The van der Waals surface area contributed by atoms with Gasteiger partial charge in [0.05, 0.1) is 12.2 Å². The van der Waals surface area contributed by atoms with Crippen molar-refractivity contribution in [3.63, 3.8) is 0 Å². The Balaban J connectivity index is 1.50. The lowest BCUT2D eigenvalue weighted by atomic mass is 10.1. The first-order chi connectivity index (χ1) is 14.0. The summed E-state index contributed by atoms with van der Waals surface area (Å²) in [4.78, 5) is 11.0. The molecule has 0 saturated carbocycles. The number of aromatic nitrogens is 1. The highest BCUT2D eigenvalue weighted by Crippen LogP contribution is 2.19. The van der Waals surface area contributed by atoms with Gasteiger partial charge in [-0.05, 0) is 44.3 Å². The molecule has 0 amide bonds. The van der Waals surface area contributed by atoms with Gasteiger partial charge in [0.15, 0.2) is 5.96 Å². The van der Waals surface area contributed by atoms with Crippen molar-refractivity contribution >= 4 is 5.96 Å². The number of hydrogen-bond acceptors (Lipinski definition) is 4. The Morgan fingerprint density at radius 2 is 1.62 bits per heavy atom. The van der Waals surface area contributed by atoms with Crippen LogP contribution in [0.1, 0.15) is 22.4 Å². The topological polar surface area (TPSA) is 65.7 Å². The lowest BCUT2D eigenvalue weighted by Gasteiger charge is -2.12. The molecule has 0 aliphatic carbocycles. The van der Waals surface area contributed by atoms with Crippen molar-refractivity contribution in [2.75, 3.05) is 21.1 Å². The van der Waals surface area contributed by atoms with E-state index >= 15 is 0 Å². The molecule has 0 fully saturated rings. The minimum Gasteiger partial charge on any atom is -0.444 e. The maximum atomic E-state index is 5.61. The Morgan fingerprint density at radius 3 is 2.28 bits per heavy atom. The number of hydrogen-bond donors (Lipinski definition) is 2. The predicted molar refractivity (Wildman–Crippen MR) is 118 cm³/mol. The highest BCUT2D eigenvalue weighted by atomic mass is 16.3. The van der Waals surface area contributed by atoms with Crippen molar-refractivity contribution in [3.8, 4) is 11.5 Å². The van der Waals surface area contributed by atoms with Gasteiger partial charge in [-0.2, -0.15) is 0 Å². The number of nitrogens with zero attached hydrogens (tertiary/aromatic N) is 3. The molecule has 3 rings (SSSR count). The molecule has 0 atom stereocenters. The van der Waals surface area contributed by atoms with E-state index in [9.17, 15) is 0 Å². The molecule has 6 heteroatoms. The number of benzene rings is 2. The van der Waals surface area contributed by atoms with E-state index in [1.165, 1.54) is 16.7 Å². The molecule has 0 aliphatic rings. The van der Waals surface area contributed by atoms with Crippen LogP contribution in [-0.2, 0) is 19.6 Å². The van der Waals surface area contributed by atoms with Crippen molar-refractivity contribution in [2.45, 2.75) is 26.6 Å². The molecule has 152 valence electrons. The number of nitrogens with one attached hydrogen (secondary N) is 2. The van der Waals surface area contributed by atoms with Gasteiger partial charge in [0.25, 0.3) is 0 Å². The van der Waals surface area contributed by atoms with Crippen LogP contribution in [0.4, 0.5) is 0 Å². The van der Waals surface area contributed by atoms with Crippen LogP contribution in [0.2, 0.25) is 0 Å². The van der Waals surface area contributed by atoms with Crippen LogP contribution < -0.4 is 10.6 Å². The van der Waals surface area contributed by atoms with Crippen molar-refractivity contribution in [2.24, 2.45) is 4.99 Å².